The van der Waals surface area contributed by atoms with E-state index in [-0.39, 0.29) is 11.8 Å². The zero-order valence-corrected chi connectivity index (χ0v) is 17.3. The summed E-state index contributed by atoms with van der Waals surface area (Å²) in [6, 6.07) is 14.2. The van der Waals surface area contributed by atoms with E-state index >= 15 is 0 Å². The molecule has 1 spiro atoms. The summed E-state index contributed by atoms with van der Waals surface area (Å²) in [6.07, 6.45) is 1.19. The van der Waals surface area contributed by atoms with Crippen LogP contribution in [0.25, 0.3) is 0 Å². The van der Waals surface area contributed by atoms with Crippen molar-refractivity contribution in [3.05, 3.63) is 59.7 Å². The Bertz CT molecular complexity index is 902. The number of likely N-dealkylation sites (tertiary alicyclic amines) is 1. The fraction of sp³-hybridized carbons (Fsp3) is 0.391. The van der Waals surface area contributed by atoms with Crippen LogP contribution in [0.1, 0.15) is 33.6 Å². The van der Waals surface area contributed by atoms with Gasteiger partial charge in [0.25, 0.3) is 11.8 Å². The van der Waals surface area contributed by atoms with E-state index in [0.717, 1.165) is 5.75 Å². The van der Waals surface area contributed by atoms with Gasteiger partial charge in [-0.1, -0.05) is 0 Å². The molecule has 0 unspecified atom stereocenters. The predicted octanol–water partition coefficient (Wildman–Crippen LogP) is 2.81. The Hall–Kier alpha value is -3.06. The first-order chi connectivity index (χ1) is 14.6. The zero-order valence-electron chi connectivity index (χ0n) is 17.3. The van der Waals surface area contributed by atoms with E-state index in [9.17, 15) is 9.59 Å². The maximum atomic E-state index is 13.1. The number of piperidine rings is 1. The van der Waals surface area contributed by atoms with Crippen LogP contribution in [-0.2, 0) is 4.74 Å². The fourth-order valence-electron chi connectivity index (χ4n) is 4.17. The van der Waals surface area contributed by atoms with E-state index < -0.39 is 5.72 Å². The molecule has 2 saturated heterocycles. The van der Waals surface area contributed by atoms with Gasteiger partial charge in [-0.25, -0.2) is 0 Å². The number of hydrogen-bond acceptors (Lipinski definition) is 5. The number of ether oxygens (including phenoxy) is 3. The maximum absolute atomic E-state index is 13.1. The van der Waals surface area contributed by atoms with Gasteiger partial charge in [0.05, 0.1) is 20.8 Å². The molecule has 2 amide bonds. The van der Waals surface area contributed by atoms with Crippen LogP contribution in [0.15, 0.2) is 48.5 Å². The minimum atomic E-state index is -0.645. The van der Waals surface area contributed by atoms with Gasteiger partial charge in [-0.15, -0.1) is 0 Å². The van der Waals surface area contributed by atoms with Crippen molar-refractivity contribution in [1.29, 1.82) is 0 Å². The number of amides is 2. The molecule has 0 saturated carbocycles. The van der Waals surface area contributed by atoms with Crippen molar-refractivity contribution in [2.45, 2.75) is 18.6 Å². The second-order valence-corrected chi connectivity index (χ2v) is 7.50. The second-order valence-electron chi connectivity index (χ2n) is 7.50. The van der Waals surface area contributed by atoms with Gasteiger partial charge in [-0.3, -0.25) is 9.59 Å². The van der Waals surface area contributed by atoms with Gasteiger partial charge in [0.15, 0.2) is 0 Å². The highest BCUT2D eigenvalue weighted by atomic mass is 16.5. The molecule has 30 heavy (non-hydrogen) atoms. The van der Waals surface area contributed by atoms with Crippen molar-refractivity contribution in [1.82, 2.24) is 9.80 Å². The van der Waals surface area contributed by atoms with Crippen LogP contribution in [0, 0.1) is 0 Å². The summed E-state index contributed by atoms with van der Waals surface area (Å²) < 4.78 is 16.4. The van der Waals surface area contributed by atoms with Gasteiger partial charge >= 0.3 is 0 Å². The van der Waals surface area contributed by atoms with E-state index in [4.69, 9.17) is 14.2 Å². The summed E-state index contributed by atoms with van der Waals surface area (Å²) in [5.74, 6) is 1.36. The minimum Gasteiger partial charge on any atom is -0.497 e. The Morgan fingerprint density at radius 1 is 0.800 bits per heavy atom. The van der Waals surface area contributed by atoms with Crippen LogP contribution in [-0.4, -0.2) is 67.8 Å². The smallest absolute Gasteiger partial charge is 0.256 e. The Balaban J connectivity index is 1.44. The summed E-state index contributed by atoms with van der Waals surface area (Å²) in [6.45, 7) is 2.14. The molecular weight excluding hydrogens is 384 g/mol. The molecule has 2 heterocycles. The van der Waals surface area contributed by atoms with Gasteiger partial charge < -0.3 is 24.0 Å². The minimum absolute atomic E-state index is 0.0152. The number of hydrogen-bond donors (Lipinski definition) is 0. The highest BCUT2D eigenvalue weighted by Crippen LogP contribution is 2.36. The van der Waals surface area contributed by atoms with Crippen LogP contribution in [0.2, 0.25) is 0 Å². The lowest BCUT2D eigenvalue weighted by Crippen LogP contribution is -2.55. The molecule has 0 atom stereocenters. The van der Waals surface area contributed by atoms with Gasteiger partial charge in [0.1, 0.15) is 17.2 Å². The van der Waals surface area contributed by atoms with Gasteiger partial charge in [-0.2, -0.15) is 0 Å². The summed E-state index contributed by atoms with van der Waals surface area (Å²) in [5.41, 5.74) is 0.593. The SMILES string of the molecule is COc1ccc(C(=O)N2CCC3(CC2)OCCN3C(=O)c2ccc(OC)cc2)cc1. The second kappa shape index (κ2) is 8.36. The molecule has 0 radical (unpaired) electrons. The van der Waals surface area contributed by atoms with Crippen LogP contribution < -0.4 is 9.47 Å². The molecular formula is C23H26N2O5. The fourth-order valence-corrected chi connectivity index (χ4v) is 4.17. The van der Waals surface area contributed by atoms with Crippen LogP contribution in [0.4, 0.5) is 0 Å². The number of carbonyl (C=O) groups is 2. The predicted molar refractivity (Wildman–Crippen MR) is 111 cm³/mol. The molecule has 2 aliphatic heterocycles. The molecule has 2 aromatic rings. The van der Waals surface area contributed by atoms with Crippen molar-refractivity contribution >= 4 is 11.8 Å². The average molecular weight is 410 g/mol. The average Bonchev–Trinajstić information content (AvgIpc) is 3.21. The summed E-state index contributed by atoms with van der Waals surface area (Å²) in [4.78, 5) is 29.6. The Morgan fingerprint density at radius 3 is 1.80 bits per heavy atom. The summed E-state index contributed by atoms with van der Waals surface area (Å²) in [5, 5.41) is 0. The Morgan fingerprint density at radius 2 is 1.30 bits per heavy atom. The molecule has 158 valence electrons. The third-order valence-electron chi connectivity index (χ3n) is 5.93. The topological polar surface area (TPSA) is 68.3 Å². The number of methoxy groups -OCH3 is 2. The van der Waals surface area contributed by atoms with E-state index in [1.165, 1.54) is 0 Å². The largest absolute Gasteiger partial charge is 0.497 e. The summed E-state index contributed by atoms with van der Waals surface area (Å²) in [7, 11) is 3.20. The van der Waals surface area contributed by atoms with Gasteiger partial charge in [0, 0.05) is 43.6 Å². The van der Waals surface area contributed by atoms with E-state index in [0.29, 0.717) is 56.0 Å². The Labute approximate surface area is 176 Å². The highest BCUT2D eigenvalue weighted by molar-refractivity contribution is 5.95. The maximum Gasteiger partial charge on any atom is 0.256 e. The molecule has 2 fully saturated rings. The number of carbonyl (C=O) groups excluding carboxylic acids is 2. The molecule has 0 bridgehead atoms. The van der Waals surface area contributed by atoms with Crippen LogP contribution in [0.3, 0.4) is 0 Å². The molecule has 0 aliphatic carbocycles. The van der Waals surface area contributed by atoms with Crippen molar-refractivity contribution in [3.8, 4) is 11.5 Å². The van der Waals surface area contributed by atoms with Crippen molar-refractivity contribution in [2.24, 2.45) is 0 Å². The molecule has 0 N–H and O–H groups in total. The van der Waals surface area contributed by atoms with Crippen molar-refractivity contribution in [3.63, 3.8) is 0 Å². The van der Waals surface area contributed by atoms with Crippen molar-refractivity contribution < 1.29 is 23.8 Å². The number of nitrogens with zero attached hydrogens (tertiary/aromatic N) is 2. The Kier molecular flexibility index (Phi) is 5.63. The monoisotopic (exact) mass is 410 g/mol. The first kappa shape index (κ1) is 20.2. The zero-order chi connectivity index (χ0) is 21.1. The van der Waals surface area contributed by atoms with Gasteiger partial charge in [-0.05, 0) is 48.5 Å². The van der Waals surface area contributed by atoms with Crippen LogP contribution in [0.5, 0.6) is 11.5 Å². The van der Waals surface area contributed by atoms with E-state index in [2.05, 4.69) is 0 Å². The molecule has 7 nitrogen and oxygen atoms in total. The number of rotatable bonds is 4. The van der Waals surface area contributed by atoms with Crippen molar-refractivity contribution in [2.75, 3.05) is 40.5 Å². The van der Waals surface area contributed by atoms with Gasteiger partial charge in [0.2, 0.25) is 0 Å². The molecule has 7 heteroatoms. The summed E-state index contributed by atoms with van der Waals surface area (Å²) >= 11 is 0. The lowest BCUT2D eigenvalue weighted by Gasteiger charge is -2.43. The first-order valence-electron chi connectivity index (χ1n) is 10.1. The lowest BCUT2D eigenvalue weighted by molar-refractivity contribution is -0.100. The van der Waals surface area contributed by atoms with E-state index in [1.807, 2.05) is 9.80 Å². The lowest BCUT2D eigenvalue weighted by atomic mass is 9.97. The normalized spacial score (nSPS) is 17.8. The number of benzene rings is 2. The first-order valence-corrected chi connectivity index (χ1v) is 10.1. The molecule has 2 aliphatic rings. The highest BCUT2D eigenvalue weighted by Gasteiger charge is 2.47. The molecule has 2 aromatic carbocycles. The third-order valence-corrected chi connectivity index (χ3v) is 5.93. The quantitative estimate of drug-likeness (QED) is 0.775. The standard InChI is InChI=1S/C23H26N2O5/c1-28-19-7-3-17(4-8-19)21(26)24-13-11-23(12-14-24)25(15-16-30-23)22(27)18-5-9-20(29-2)10-6-18/h3-10H,11-16H2,1-2H3. The van der Waals surface area contributed by atoms with E-state index in [1.54, 1.807) is 62.8 Å². The third kappa shape index (κ3) is 3.73. The molecule has 0 aromatic heterocycles. The molecule has 4 rings (SSSR count). The van der Waals surface area contributed by atoms with Crippen LogP contribution >= 0.6 is 0 Å².